The van der Waals surface area contributed by atoms with Crippen molar-refractivity contribution < 1.29 is 13.2 Å². The summed E-state index contributed by atoms with van der Waals surface area (Å²) in [5.41, 5.74) is 0.693. The molecule has 0 saturated carbocycles. The van der Waals surface area contributed by atoms with E-state index in [-0.39, 0.29) is 5.88 Å². The summed E-state index contributed by atoms with van der Waals surface area (Å²) in [6, 6.07) is 4.88. The van der Waals surface area contributed by atoms with Gasteiger partial charge in [0.25, 0.3) is 0 Å². The number of hydrogen-bond donors (Lipinski definition) is 0. The highest BCUT2D eigenvalue weighted by Crippen LogP contribution is 2.29. The van der Waals surface area contributed by atoms with Crippen molar-refractivity contribution in [3.63, 3.8) is 0 Å². The molecule has 0 aliphatic carbocycles. The molecule has 1 aromatic carbocycles. The molecule has 2 atom stereocenters. The quantitative estimate of drug-likeness (QED) is 0.796. The number of nitrogens with zero attached hydrogens (tertiary/aromatic N) is 1. The Kier molecular flexibility index (Phi) is 5.17. The average molecular weight is 332 g/mol. The first-order valence-electron chi connectivity index (χ1n) is 7.11. The fraction of sp³-hybridized carbons (Fsp3) is 0.600. The maximum atomic E-state index is 12.8. The van der Waals surface area contributed by atoms with E-state index in [1.165, 1.54) is 0 Å². The van der Waals surface area contributed by atoms with Gasteiger partial charge in [0, 0.05) is 18.7 Å². The van der Waals surface area contributed by atoms with E-state index in [2.05, 4.69) is 13.8 Å². The summed E-state index contributed by atoms with van der Waals surface area (Å²) in [6.45, 7) is 5.34. The predicted molar refractivity (Wildman–Crippen MR) is 84.3 cm³/mol. The maximum Gasteiger partial charge on any atom is 0.243 e. The van der Waals surface area contributed by atoms with E-state index in [9.17, 15) is 8.42 Å². The van der Waals surface area contributed by atoms with Crippen LogP contribution in [-0.2, 0) is 15.9 Å². The molecule has 0 aromatic heterocycles. The Bertz CT molecular complexity index is 593. The van der Waals surface area contributed by atoms with E-state index in [1.807, 2.05) is 0 Å². The van der Waals surface area contributed by atoms with Crippen molar-refractivity contribution >= 4 is 21.6 Å². The third-order valence-corrected chi connectivity index (χ3v) is 5.98. The molecule has 0 amide bonds. The Labute approximate surface area is 132 Å². The number of benzene rings is 1. The first-order valence-corrected chi connectivity index (χ1v) is 9.09. The molecular formula is C15H22ClNO3S. The standard InChI is InChI=1S/C15H22ClNO3S/c1-11-6-12(2)10-17(9-11)21(18,19)14-4-5-15(20-3)13(7-14)8-16/h4-5,7,11-12H,6,8-10H2,1-3H3. The Morgan fingerprint density at radius 2 is 1.90 bits per heavy atom. The van der Waals surface area contributed by atoms with Crippen LogP contribution in [0.3, 0.4) is 0 Å². The molecule has 0 N–H and O–H groups in total. The normalized spacial score (nSPS) is 24.0. The third-order valence-electron chi connectivity index (χ3n) is 3.87. The van der Waals surface area contributed by atoms with Gasteiger partial charge >= 0.3 is 0 Å². The molecular weight excluding hydrogens is 310 g/mol. The number of sulfonamides is 1. The van der Waals surface area contributed by atoms with E-state index in [0.717, 1.165) is 6.42 Å². The molecule has 4 nitrogen and oxygen atoms in total. The lowest BCUT2D eigenvalue weighted by Gasteiger charge is -2.34. The number of ether oxygens (including phenoxy) is 1. The number of halogens is 1. The minimum Gasteiger partial charge on any atom is -0.496 e. The number of rotatable bonds is 4. The molecule has 0 bridgehead atoms. The average Bonchev–Trinajstić information content (AvgIpc) is 2.45. The van der Waals surface area contributed by atoms with Gasteiger partial charge in [-0.1, -0.05) is 13.8 Å². The molecule has 1 heterocycles. The lowest BCUT2D eigenvalue weighted by atomic mass is 9.94. The highest BCUT2D eigenvalue weighted by atomic mass is 35.5. The molecule has 0 spiro atoms. The van der Waals surface area contributed by atoms with Crippen molar-refractivity contribution in [2.24, 2.45) is 11.8 Å². The SMILES string of the molecule is COc1ccc(S(=O)(=O)N2CC(C)CC(C)C2)cc1CCl. The van der Waals surface area contributed by atoms with E-state index in [1.54, 1.807) is 29.6 Å². The minimum absolute atomic E-state index is 0.222. The van der Waals surface area contributed by atoms with Gasteiger partial charge in [-0.2, -0.15) is 4.31 Å². The van der Waals surface area contributed by atoms with Gasteiger partial charge in [0.1, 0.15) is 5.75 Å². The van der Waals surface area contributed by atoms with Gasteiger partial charge in [0.05, 0.1) is 17.9 Å². The zero-order chi connectivity index (χ0) is 15.6. The first-order chi connectivity index (χ1) is 9.88. The van der Waals surface area contributed by atoms with E-state index in [0.29, 0.717) is 41.1 Å². The smallest absolute Gasteiger partial charge is 0.243 e. The lowest BCUT2D eigenvalue weighted by Crippen LogP contribution is -2.42. The second-order valence-corrected chi connectivity index (χ2v) is 8.08. The molecule has 1 saturated heterocycles. The summed E-state index contributed by atoms with van der Waals surface area (Å²) < 4.78 is 32.4. The molecule has 1 aromatic rings. The van der Waals surface area contributed by atoms with Crippen molar-refractivity contribution in [1.29, 1.82) is 0 Å². The Balaban J connectivity index is 2.35. The monoisotopic (exact) mass is 331 g/mol. The van der Waals surface area contributed by atoms with Crippen molar-refractivity contribution in [3.05, 3.63) is 23.8 Å². The zero-order valence-electron chi connectivity index (χ0n) is 12.7. The van der Waals surface area contributed by atoms with Crippen LogP contribution in [0.25, 0.3) is 0 Å². The summed E-state index contributed by atoms with van der Waals surface area (Å²) in [5.74, 6) is 1.60. The van der Waals surface area contributed by atoms with Crippen LogP contribution in [0.15, 0.2) is 23.1 Å². The first kappa shape index (κ1) is 16.6. The summed E-state index contributed by atoms with van der Waals surface area (Å²) in [5, 5.41) is 0. The predicted octanol–water partition coefficient (Wildman–Crippen LogP) is 3.10. The van der Waals surface area contributed by atoms with Gasteiger partial charge in [-0.05, 0) is 36.5 Å². The molecule has 0 radical (unpaired) electrons. The van der Waals surface area contributed by atoms with Crippen LogP contribution in [-0.4, -0.2) is 32.9 Å². The molecule has 6 heteroatoms. The van der Waals surface area contributed by atoms with Crippen molar-refractivity contribution in [2.75, 3.05) is 20.2 Å². The van der Waals surface area contributed by atoms with Gasteiger partial charge < -0.3 is 4.74 Å². The zero-order valence-corrected chi connectivity index (χ0v) is 14.2. The molecule has 2 unspecified atom stereocenters. The van der Waals surface area contributed by atoms with Crippen LogP contribution < -0.4 is 4.74 Å². The molecule has 118 valence electrons. The minimum atomic E-state index is -3.47. The van der Waals surface area contributed by atoms with Gasteiger partial charge in [-0.25, -0.2) is 8.42 Å². The summed E-state index contributed by atoms with van der Waals surface area (Å²) in [6.07, 6.45) is 1.07. The van der Waals surface area contributed by atoms with Crippen molar-refractivity contribution in [1.82, 2.24) is 4.31 Å². The molecule has 1 aliphatic heterocycles. The maximum absolute atomic E-state index is 12.8. The van der Waals surface area contributed by atoms with Crippen LogP contribution in [0.2, 0.25) is 0 Å². The molecule has 21 heavy (non-hydrogen) atoms. The van der Waals surface area contributed by atoms with Crippen molar-refractivity contribution in [3.8, 4) is 5.75 Å². The fourth-order valence-electron chi connectivity index (χ4n) is 2.97. The lowest BCUT2D eigenvalue weighted by molar-refractivity contribution is 0.222. The summed E-state index contributed by atoms with van der Waals surface area (Å²) in [7, 11) is -1.92. The highest BCUT2D eigenvalue weighted by Gasteiger charge is 2.31. The molecule has 1 fully saturated rings. The van der Waals surface area contributed by atoms with E-state index in [4.69, 9.17) is 16.3 Å². The molecule has 2 rings (SSSR count). The van der Waals surface area contributed by atoms with E-state index < -0.39 is 10.0 Å². The molecule has 1 aliphatic rings. The number of piperidine rings is 1. The second-order valence-electron chi connectivity index (χ2n) is 5.88. The number of hydrogen-bond acceptors (Lipinski definition) is 3. The van der Waals surface area contributed by atoms with Crippen molar-refractivity contribution in [2.45, 2.75) is 31.0 Å². The topological polar surface area (TPSA) is 46.6 Å². The Hall–Kier alpha value is -0.780. The van der Waals surface area contributed by atoms with Gasteiger partial charge in [0.2, 0.25) is 10.0 Å². The van der Waals surface area contributed by atoms with E-state index >= 15 is 0 Å². The van der Waals surface area contributed by atoms with Gasteiger partial charge in [0.15, 0.2) is 0 Å². The van der Waals surface area contributed by atoms with Gasteiger partial charge in [-0.3, -0.25) is 0 Å². The highest BCUT2D eigenvalue weighted by molar-refractivity contribution is 7.89. The van der Waals surface area contributed by atoms with Crippen LogP contribution >= 0.6 is 11.6 Å². The largest absolute Gasteiger partial charge is 0.496 e. The van der Waals surface area contributed by atoms with Gasteiger partial charge in [-0.15, -0.1) is 11.6 Å². The fourth-order valence-corrected chi connectivity index (χ4v) is 4.91. The second kappa shape index (κ2) is 6.55. The Morgan fingerprint density at radius 3 is 2.43 bits per heavy atom. The third kappa shape index (κ3) is 3.52. The van der Waals surface area contributed by atoms with Crippen LogP contribution in [0.4, 0.5) is 0 Å². The Morgan fingerprint density at radius 1 is 1.29 bits per heavy atom. The number of methoxy groups -OCH3 is 1. The number of alkyl halides is 1. The van der Waals surface area contributed by atoms with Crippen LogP contribution in [0.5, 0.6) is 5.75 Å². The van der Waals surface area contributed by atoms with Crippen LogP contribution in [0, 0.1) is 11.8 Å². The summed E-state index contributed by atoms with van der Waals surface area (Å²) in [4.78, 5) is 0.292. The van der Waals surface area contributed by atoms with Crippen LogP contribution in [0.1, 0.15) is 25.8 Å². The summed E-state index contributed by atoms with van der Waals surface area (Å²) >= 11 is 5.88.